The van der Waals surface area contributed by atoms with E-state index in [0.717, 1.165) is 0 Å². The molecule has 0 spiro atoms. The molecular formula is C14H13NO6S. The molecule has 0 saturated carbocycles. The Morgan fingerprint density at radius 1 is 1.09 bits per heavy atom. The van der Waals surface area contributed by atoms with Crippen LogP contribution in [-0.2, 0) is 10.1 Å². The van der Waals surface area contributed by atoms with Gasteiger partial charge in [0, 0.05) is 6.07 Å². The lowest BCUT2D eigenvalue weighted by Crippen LogP contribution is -2.11. The number of nitro benzene ring substituents is 1. The fourth-order valence-corrected chi connectivity index (χ4v) is 2.88. The van der Waals surface area contributed by atoms with E-state index in [4.69, 9.17) is 8.92 Å². The van der Waals surface area contributed by atoms with Crippen molar-refractivity contribution >= 4 is 15.8 Å². The summed E-state index contributed by atoms with van der Waals surface area (Å²) in [7, 11) is -2.79. The molecule has 0 fully saturated rings. The van der Waals surface area contributed by atoms with Crippen LogP contribution in [0.1, 0.15) is 5.56 Å². The summed E-state index contributed by atoms with van der Waals surface area (Å²) in [6.07, 6.45) is 0. The van der Waals surface area contributed by atoms with E-state index >= 15 is 0 Å². The van der Waals surface area contributed by atoms with Crippen LogP contribution in [0.4, 0.5) is 5.69 Å². The van der Waals surface area contributed by atoms with Gasteiger partial charge in [-0.05, 0) is 25.1 Å². The summed E-state index contributed by atoms with van der Waals surface area (Å²) in [6.45, 7) is 1.40. The molecule has 0 aromatic heterocycles. The molecule has 0 aliphatic rings. The van der Waals surface area contributed by atoms with Gasteiger partial charge in [-0.25, -0.2) is 0 Å². The zero-order chi connectivity index (χ0) is 16.3. The van der Waals surface area contributed by atoms with Crippen molar-refractivity contribution in [1.82, 2.24) is 0 Å². The number of rotatable bonds is 5. The third-order valence-electron chi connectivity index (χ3n) is 2.98. The topological polar surface area (TPSA) is 95.7 Å². The van der Waals surface area contributed by atoms with Crippen LogP contribution in [0.5, 0.6) is 11.5 Å². The van der Waals surface area contributed by atoms with E-state index in [0.29, 0.717) is 0 Å². The summed E-state index contributed by atoms with van der Waals surface area (Å²) in [5.74, 6) is -0.0943. The summed E-state index contributed by atoms with van der Waals surface area (Å²) < 4.78 is 34.6. The molecule has 2 aromatic carbocycles. The van der Waals surface area contributed by atoms with E-state index in [1.54, 1.807) is 18.2 Å². The van der Waals surface area contributed by atoms with Crippen molar-refractivity contribution in [3.63, 3.8) is 0 Å². The lowest BCUT2D eigenvalue weighted by atomic mass is 10.1. The highest BCUT2D eigenvalue weighted by molar-refractivity contribution is 7.87. The van der Waals surface area contributed by atoms with Crippen LogP contribution in [0, 0.1) is 17.0 Å². The maximum atomic E-state index is 12.3. The average Bonchev–Trinajstić information content (AvgIpc) is 2.49. The van der Waals surface area contributed by atoms with Gasteiger partial charge in [0.25, 0.3) is 5.69 Å². The van der Waals surface area contributed by atoms with Gasteiger partial charge in [-0.2, -0.15) is 8.42 Å². The Labute approximate surface area is 127 Å². The Bertz CT molecular complexity index is 802. The van der Waals surface area contributed by atoms with Gasteiger partial charge in [0.1, 0.15) is 4.90 Å². The Balaban J connectivity index is 2.53. The fourth-order valence-electron chi connectivity index (χ4n) is 1.86. The number of hydrogen-bond donors (Lipinski definition) is 0. The minimum atomic E-state index is -4.11. The highest BCUT2D eigenvalue weighted by Gasteiger charge is 2.25. The van der Waals surface area contributed by atoms with E-state index in [1.807, 2.05) is 0 Å². The number of hydrogen-bond acceptors (Lipinski definition) is 6. The maximum absolute atomic E-state index is 12.3. The van der Waals surface area contributed by atoms with Crippen LogP contribution in [0.2, 0.25) is 0 Å². The normalized spacial score (nSPS) is 11.0. The minimum absolute atomic E-state index is 0.0528. The highest BCUT2D eigenvalue weighted by Crippen LogP contribution is 2.38. The summed E-state index contributed by atoms with van der Waals surface area (Å²) in [5, 5.41) is 11.0. The quantitative estimate of drug-likeness (QED) is 0.477. The fraction of sp³-hybridized carbons (Fsp3) is 0.143. The van der Waals surface area contributed by atoms with E-state index < -0.39 is 15.0 Å². The summed E-state index contributed by atoms with van der Waals surface area (Å²) >= 11 is 0. The molecule has 2 aromatic rings. The lowest BCUT2D eigenvalue weighted by Gasteiger charge is -2.13. The monoisotopic (exact) mass is 323 g/mol. The zero-order valence-electron chi connectivity index (χ0n) is 11.8. The van der Waals surface area contributed by atoms with Crippen LogP contribution in [0.25, 0.3) is 0 Å². The molecule has 116 valence electrons. The van der Waals surface area contributed by atoms with Crippen molar-refractivity contribution in [3.05, 3.63) is 58.1 Å². The summed E-state index contributed by atoms with van der Waals surface area (Å²) in [4.78, 5) is 10.3. The van der Waals surface area contributed by atoms with Gasteiger partial charge in [0.2, 0.25) is 0 Å². The smallest absolute Gasteiger partial charge is 0.339 e. The van der Waals surface area contributed by atoms with Crippen LogP contribution in [0.15, 0.2) is 47.4 Å². The van der Waals surface area contributed by atoms with Crippen molar-refractivity contribution in [1.29, 1.82) is 0 Å². The number of methoxy groups -OCH3 is 1. The molecule has 0 N–H and O–H groups in total. The molecule has 2 rings (SSSR count). The predicted molar refractivity (Wildman–Crippen MR) is 78.6 cm³/mol. The van der Waals surface area contributed by atoms with Gasteiger partial charge in [-0.1, -0.05) is 18.2 Å². The SMILES string of the molecule is COc1ccc([N+](=O)[O-])c(C)c1OS(=O)(=O)c1ccccc1. The second kappa shape index (κ2) is 6.02. The predicted octanol–water partition coefficient (Wildman–Crippen LogP) is 2.68. The molecule has 0 radical (unpaired) electrons. The van der Waals surface area contributed by atoms with Crippen molar-refractivity contribution in [2.24, 2.45) is 0 Å². The molecule has 0 saturated heterocycles. The lowest BCUT2D eigenvalue weighted by molar-refractivity contribution is -0.385. The third kappa shape index (κ3) is 3.01. The minimum Gasteiger partial charge on any atom is -0.493 e. The number of nitrogens with zero attached hydrogens (tertiary/aromatic N) is 1. The first-order chi connectivity index (χ1) is 10.4. The Hall–Kier alpha value is -2.61. The van der Waals surface area contributed by atoms with Crippen molar-refractivity contribution in [2.75, 3.05) is 7.11 Å². The molecule has 0 aliphatic heterocycles. The molecule has 0 bridgehead atoms. The van der Waals surface area contributed by atoms with Gasteiger partial charge in [-0.3, -0.25) is 10.1 Å². The first-order valence-electron chi connectivity index (χ1n) is 6.18. The molecule has 7 nitrogen and oxygen atoms in total. The Morgan fingerprint density at radius 2 is 1.73 bits per heavy atom. The second-order valence-corrected chi connectivity index (χ2v) is 5.90. The molecule has 0 atom stereocenters. The molecule has 0 amide bonds. The van der Waals surface area contributed by atoms with Crippen molar-refractivity contribution in [3.8, 4) is 11.5 Å². The molecular weight excluding hydrogens is 310 g/mol. The summed E-state index contributed by atoms with van der Waals surface area (Å²) in [5.41, 5.74) is -0.178. The largest absolute Gasteiger partial charge is 0.493 e. The van der Waals surface area contributed by atoms with Gasteiger partial charge >= 0.3 is 10.1 Å². The number of nitro groups is 1. The molecule has 0 heterocycles. The molecule has 0 unspecified atom stereocenters. The van der Waals surface area contributed by atoms with Crippen LogP contribution >= 0.6 is 0 Å². The maximum Gasteiger partial charge on any atom is 0.339 e. The van der Waals surface area contributed by atoms with Crippen LogP contribution < -0.4 is 8.92 Å². The van der Waals surface area contributed by atoms with Crippen LogP contribution in [-0.4, -0.2) is 20.5 Å². The van der Waals surface area contributed by atoms with Gasteiger partial charge in [-0.15, -0.1) is 0 Å². The first kappa shape index (κ1) is 15.8. The zero-order valence-corrected chi connectivity index (χ0v) is 12.7. The van der Waals surface area contributed by atoms with Crippen molar-refractivity contribution < 1.29 is 22.3 Å². The van der Waals surface area contributed by atoms with E-state index in [1.165, 1.54) is 38.3 Å². The molecule has 8 heteroatoms. The number of benzene rings is 2. The van der Waals surface area contributed by atoms with Gasteiger partial charge < -0.3 is 8.92 Å². The molecule has 22 heavy (non-hydrogen) atoms. The second-order valence-electron chi connectivity index (χ2n) is 4.35. The van der Waals surface area contributed by atoms with E-state index in [-0.39, 0.29) is 27.6 Å². The van der Waals surface area contributed by atoms with Crippen LogP contribution in [0.3, 0.4) is 0 Å². The third-order valence-corrected chi connectivity index (χ3v) is 4.22. The van der Waals surface area contributed by atoms with Gasteiger partial charge in [0.15, 0.2) is 11.5 Å². The Morgan fingerprint density at radius 3 is 2.27 bits per heavy atom. The average molecular weight is 323 g/mol. The summed E-state index contributed by atoms with van der Waals surface area (Å²) in [6, 6.07) is 10.0. The Kier molecular flexibility index (Phi) is 4.32. The van der Waals surface area contributed by atoms with E-state index in [2.05, 4.69) is 0 Å². The first-order valence-corrected chi connectivity index (χ1v) is 7.59. The van der Waals surface area contributed by atoms with Gasteiger partial charge in [0.05, 0.1) is 17.6 Å². The standard InChI is InChI=1S/C14H13NO6S/c1-10-12(15(16)17)8-9-13(20-2)14(10)21-22(18,19)11-6-4-3-5-7-11/h3-9H,1-2H3. The number of ether oxygens (including phenoxy) is 1. The highest BCUT2D eigenvalue weighted by atomic mass is 32.2. The van der Waals surface area contributed by atoms with E-state index in [9.17, 15) is 18.5 Å². The van der Waals surface area contributed by atoms with Crippen molar-refractivity contribution in [2.45, 2.75) is 11.8 Å². The molecule has 0 aliphatic carbocycles.